The second kappa shape index (κ2) is 7.65. The Balaban J connectivity index is 3.95. The molecule has 0 fully saturated rings. The van der Waals surface area contributed by atoms with Gasteiger partial charge in [-0.25, -0.2) is 0 Å². The van der Waals surface area contributed by atoms with Crippen molar-refractivity contribution in [3.05, 3.63) is 0 Å². The van der Waals surface area contributed by atoms with Gasteiger partial charge in [-0.2, -0.15) is 0 Å². The van der Waals surface area contributed by atoms with Crippen LogP contribution in [0.2, 0.25) is 0 Å². The van der Waals surface area contributed by atoms with E-state index in [2.05, 4.69) is 30.8 Å². The van der Waals surface area contributed by atoms with E-state index >= 15 is 0 Å². The smallest absolute Gasteiger partial charge is 0.322 e. The van der Waals surface area contributed by atoms with Crippen LogP contribution < -0.4 is 0 Å². The minimum absolute atomic E-state index is 0.137. The molecule has 0 rings (SSSR count). The van der Waals surface area contributed by atoms with Crippen molar-refractivity contribution in [2.75, 3.05) is 40.8 Å². The Morgan fingerprint density at radius 2 is 1.93 bits per heavy atom. The lowest BCUT2D eigenvalue weighted by Crippen LogP contribution is -2.40. The zero-order valence-electron chi connectivity index (χ0n) is 10.6. The Labute approximate surface area is 93.2 Å². The molecule has 0 spiro atoms. The van der Waals surface area contributed by atoms with Crippen molar-refractivity contribution in [3.8, 4) is 0 Å². The summed E-state index contributed by atoms with van der Waals surface area (Å²) >= 11 is 0. The van der Waals surface area contributed by atoms with Crippen molar-refractivity contribution >= 4 is 5.97 Å². The van der Waals surface area contributed by atoms with Crippen LogP contribution in [0, 0.1) is 0 Å². The molecule has 0 saturated heterocycles. The van der Waals surface area contributed by atoms with Crippen LogP contribution >= 0.6 is 0 Å². The van der Waals surface area contributed by atoms with Gasteiger partial charge in [-0.1, -0.05) is 6.92 Å². The second-order valence-corrected chi connectivity index (χ2v) is 3.98. The second-order valence-electron chi connectivity index (χ2n) is 3.98. The van der Waals surface area contributed by atoms with Gasteiger partial charge in [-0.05, 0) is 40.5 Å². The van der Waals surface area contributed by atoms with Gasteiger partial charge in [0.1, 0.15) is 6.04 Å². The van der Waals surface area contributed by atoms with Gasteiger partial charge in [-0.15, -0.1) is 0 Å². The number of hydrogen-bond acceptors (Lipinski definition) is 4. The molecule has 1 unspecified atom stereocenters. The van der Waals surface area contributed by atoms with Crippen LogP contribution in [0.4, 0.5) is 0 Å². The van der Waals surface area contributed by atoms with E-state index in [4.69, 9.17) is 4.74 Å². The average Bonchev–Trinajstić information content (AvgIpc) is 2.22. The summed E-state index contributed by atoms with van der Waals surface area (Å²) in [6.07, 6.45) is 1.07. The molecule has 0 saturated carbocycles. The van der Waals surface area contributed by atoms with Gasteiger partial charge < -0.3 is 9.64 Å². The van der Waals surface area contributed by atoms with E-state index < -0.39 is 0 Å². The topological polar surface area (TPSA) is 32.8 Å². The van der Waals surface area contributed by atoms with Gasteiger partial charge in [0.15, 0.2) is 0 Å². The molecule has 0 heterocycles. The summed E-state index contributed by atoms with van der Waals surface area (Å²) < 4.78 is 4.73. The Bertz CT molecular complexity index is 183. The number of rotatable bonds is 7. The molecule has 0 aliphatic carbocycles. The highest BCUT2D eigenvalue weighted by Gasteiger charge is 2.19. The van der Waals surface area contributed by atoms with E-state index in [-0.39, 0.29) is 12.0 Å². The molecule has 1 atom stereocenters. The molecule has 0 bridgehead atoms. The summed E-state index contributed by atoms with van der Waals surface area (Å²) in [6.45, 7) is 6.82. The van der Waals surface area contributed by atoms with Crippen LogP contribution in [-0.2, 0) is 9.53 Å². The van der Waals surface area contributed by atoms with E-state index in [1.807, 2.05) is 6.92 Å². The molecular formula is C11H24N2O2. The Morgan fingerprint density at radius 3 is 2.33 bits per heavy atom. The highest BCUT2D eigenvalue weighted by molar-refractivity contribution is 5.75. The maximum atomic E-state index is 11.3. The number of nitrogens with zero attached hydrogens (tertiary/aromatic N) is 2. The Morgan fingerprint density at radius 1 is 1.33 bits per heavy atom. The third kappa shape index (κ3) is 5.74. The summed E-state index contributed by atoms with van der Waals surface area (Å²) in [5, 5.41) is 0. The fourth-order valence-corrected chi connectivity index (χ4v) is 1.54. The molecule has 90 valence electrons. The van der Waals surface area contributed by atoms with Crippen LogP contribution in [0.3, 0.4) is 0 Å². The standard InChI is InChI=1S/C11H24N2O2/c1-6-13(9-7-8-12(3)4)10(2)11(14)15-5/h10H,6-9H2,1-5H3. The lowest BCUT2D eigenvalue weighted by molar-refractivity contribution is -0.146. The van der Waals surface area contributed by atoms with Crippen LogP contribution in [0.25, 0.3) is 0 Å². The predicted molar refractivity (Wildman–Crippen MR) is 61.9 cm³/mol. The van der Waals surface area contributed by atoms with Crippen LogP contribution in [0.1, 0.15) is 20.3 Å². The molecule has 4 nitrogen and oxygen atoms in total. The summed E-state index contributed by atoms with van der Waals surface area (Å²) in [5.41, 5.74) is 0. The maximum Gasteiger partial charge on any atom is 0.322 e. The van der Waals surface area contributed by atoms with E-state index in [0.717, 1.165) is 26.1 Å². The molecule has 0 N–H and O–H groups in total. The number of ether oxygens (including phenoxy) is 1. The third-order valence-corrected chi connectivity index (χ3v) is 2.55. The summed E-state index contributed by atoms with van der Waals surface area (Å²) in [5.74, 6) is -0.151. The molecule has 0 aromatic carbocycles. The first-order valence-electron chi connectivity index (χ1n) is 5.49. The summed E-state index contributed by atoms with van der Waals surface area (Å²) in [4.78, 5) is 15.6. The molecule has 0 radical (unpaired) electrons. The van der Waals surface area contributed by atoms with Crippen LogP contribution in [0.15, 0.2) is 0 Å². The number of carbonyl (C=O) groups excluding carboxylic acids is 1. The first kappa shape index (κ1) is 14.4. The largest absolute Gasteiger partial charge is 0.468 e. The van der Waals surface area contributed by atoms with Crippen molar-refractivity contribution in [1.82, 2.24) is 9.80 Å². The zero-order chi connectivity index (χ0) is 11.8. The molecule has 0 aliphatic rings. The van der Waals surface area contributed by atoms with Gasteiger partial charge in [0.2, 0.25) is 0 Å². The van der Waals surface area contributed by atoms with Gasteiger partial charge in [0.05, 0.1) is 7.11 Å². The molecular weight excluding hydrogens is 192 g/mol. The number of hydrogen-bond donors (Lipinski definition) is 0. The van der Waals surface area contributed by atoms with Crippen LogP contribution in [0.5, 0.6) is 0 Å². The fraction of sp³-hybridized carbons (Fsp3) is 0.909. The molecule has 0 amide bonds. The number of esters is 1. The highest BCUT2D eigenvalue weighted by atomic mass is 16.5. The van der Waals surface area contributed by atoms with E-state index in [1.54, 1.807) is 0 Å². The zero-order valence-corrected chi connectivity index (χ0v) is 10.6. The molecule has 0 aliphatic heterocycles. The van der Waals surface area contributed by atoms with E-state index in [0.29, 0.717) is 0 Å². The first-order valence-corrected chi connectivity index (χ1v) is 5.49. The van der Waals surface area contributed by atoms with Crippen molar-refractivity contribution < 1.29 is 9.53 Å². The Kier molecular flexibility index (Phi) is 7.34. The number of carbonyl (C=O) groups is 1. The molecule has 0 aromatic rings. The van der Waals surface area contributed by atoms with Crippen molar-refractivity contribution in [2.24, 2.45) is 0 Å². The third-order valence-electron chi connectivity index (χ3n) is 2.55. The number of likely N-dealkylation sites (N-methyl/N-ethyl adjacent to an activating group) is 1. The monoisotopic (exact) mass is 216 g/mol. The van der Waals surface area contributed by atoms with Crippen LogP contribution in [-0.4, -0.2) is 62.7 Å². The average molecular weight is 216 g/mol. The molecule has 4 heteroatoms. The predicted octanol–water partition coefficient (Wildman–Crippen LogP) is 0.821. The lowest BCUT2D eigenvalue weighted by atomic mass is 10.2. The van der Waals surface area contributed by atoms with Gasteiger partial charge >= 0.3 is 5.97 Å². The van der Waals surface area contributed by atoms with Crippen molar-refractivity contribution in [1.29, 1.82) is 0 Å². The quantitative estimate of drug-likeness (QED) is 0.590. The number of methoxy groups -OCH3 is 1. The highest BCUT2D eigenvalue weighted by Crippen LogP contribution is 2.02. The maximum absolute atomic E-state index is 11.3. The lowest BCUT2D eigenvalue weighted by Gasteiger charge is -2.26. The molecule has 0 aromatic heterocycles. The normalized spacial score (nSPS) is 13.3. The molecule has 15 heavy (non-hydrogen) atoms. The Hall–Kier alpha value is -0.610. The van der Waals surface area contributed by atoms with Gasteiger partial charge in [-0.3, -0.25) is 9.69 Å². The first-order chi connectivity index (χ1) is 7.02. The van der Waals surface area contributed by atoms with Gasteiger partial charge in [0, 0.05) is 6.54 Å². The van der Waals surface area contributed by atoms with E-state index in [1.165, 1.54) is 7.11 Å². The van der Waals surface area contributed by atoms with E-state index in [9.17, 15) is 4.79 Å². The van der Waals surface area contributed by atoms with Crippen molar-refractivity contribution in [2.45, 2.75) is 26.3 Å². The SMILES string of the molecule is CCN(CCCN(C)C)C(C)C(=O)OC. The minimum atomic E-state index is -0.151. The van der Waals surface area contributed by atoms with Gasteiger partial charge in [0.25, 0.3) is 0 Å². The minimum Gasteiger partial charge on any atom is -0.468 e. The summed E-state index contributed by atoms with van der Waals surface area (Å²) in [6, 6.07) is -0.137. The fourth-order valence-electron chi connectivity index (χ4n) is 1.54. The van der Waals surface area contributed by atoms with Crippen molar-refractivity contribution in [3.63, 3.8) is 0 Å². The summed E-state index contributed by atoms with van der Waals surface area (Å²) in [7, 11) is 5.55.